The Balaban J connectivity index is 1.15. The molecule has 3 saturated heterocycles. The standard InChI is InChI=1S/C33H43ClN4O4/c1-22-9-10-28(17-30(22)34)38(33(41)42-29-11-15-36(16-12-29)25(4)39)14-6-13-35-18-26-20-37(21-27(26)19-35)32(40)31-23(2)7-5-8-24(31)3/h5,7-10,17,26-27,29H,6,11-16,18-21H2,1-4H3. The number of amides is 3. The van der Waals surface area contributed by atoms with Crippen LogP contribution >= 0.6 is 11.6 Å². The van der Waals surface area contributed by atoms with Crippen molar-refractivity contribution in [1.29, 1.82) is 0 Å². The lowest BCUT2D eigenvalue weighted by Crippen LogP contribution is -2.43. The Morgan fingerprint density at radius 1 is 0.905 bits per heavy atom. The molecule has 226 valence electrons. The number of benzene rings is 2. The zero-order valence-corrected chi connectivity index (χ0v) is 26.0. The third-order valence-corrected chi connectivity index (χ3v) is 9.65. The molecule has 0 N–H and O–H groups in total. The van der Waals surface area contributed by atoms with E-state index in [1.165, 1.54) is 0 Å². The molecule has 5 rings (SSSR count). The first kappa shape index (κ1) is 30.4. The number of piperidine rings is 1. The fourth-order valence-corrected chi connectivity index (χ4v) is 6.95. The molecule has 0 spiro atoms. The Hall–Kier alpha value is -3.10. The number of nitrogens with zero attached hydrogens (tertiary/aromatic N) is 4. The molecule has 2 aromatic rings. The maximum atomic E-state index is 13.4. The maximum Gasteiger partial charge on any atom is 0.414 e. The van der Waals surface area contributed by atoms with Gasteiger partial charge in [-0.05, 0) is 74.4 Å². The van der Waals surface area contributed by atoms with E-state index >= 15 is 0 Å². The van der Waals surface area contributed by atoms with Gasteiger partial charge in [-0.1, -0.05) is 35.9 Å². The van der Waals surface area contributed by atoms with Gasteiger partial charge in [0, 0.05) is 81.9 Å². The Kier molecular flexibility index (Phi) is 9.43. The van der Waals surface area contributed by atoms with E-state index < -0.39 is 0 Å². The van der Waals surface area contributed by atoms with Crippen molar-refractivity contribution in [2.75, 3.05) is 57.3 Å². The predicted molar refractivity (Wildman–Crippen MR) is 165 cm³/mol. The van der Waals surface area contributed by atoms with Crippen LogP contribution in [0.15, 0.2) is 36.4 Å². The lowest BCUT2D eigenvalue weighted by molar-refractivity contribution is -0.130. The SMILES string of the molecule is CC(=O)N1CCC(OC(=O)N(CCCN2CC3CN(C(=O)c4c(C)cccc4C)CC3C2)c2ccc(C)c(Cl)c2)CC1. The summed E-state index contributed by atoms with van der Waals surface area (Å²) in [5.74, 6) is 1.18. The summed E-state index contributed by atoms with van der Waals surface area (Å²) in [7, 11) is 0. The topological polar surface area (TPSA) is 73.4 Å². The largest absolute Gasteiger partial charge is 0.446 e. The number of likely N-dealkylation sites (tertiary alicyclic amines) is 3. The number of halogens is 1. The van der Waals surface area contributed by atoms with Crippen LogP contribution in [0.3, 0.4) is 0 Å². The van der Waals surface area contributed by atoms with Gasteiger partial charge in [0.15, 0.2) is 0 Å². The molecule has 0 radical (unpaired) electrons. The van der Waals surface area contributed by atoms with Crippen LogP contribution in [0.5, 0.6) is 0 Å². The number of hydrogen-bond donors (Lipinski definition) is 0. The normalized spacial score (nSPS) is 21.0. The summed E-state index contributed by atoms with van der Waals surface area (Å²) < 4.78 is 5.93. The highest BCUT2D eigenvalue weighted by Gasteiger charge is 2.42. The van der Waals surface area contributed by atoms with Crippen LogP contribution in [0.1, 0.15) is 53.2 Å². The zero-order valence-electron chi connectivity index (χ0n) is 25.3. The van der Waals surface area contributed by atoms with E-state index in [1.807, 2.05) is 62.1 Å². The van der Waals surface area contributed by atoms with Crippen molar-refractivity contribution in [3.05, 3.63) is 63.7 Å². The van der Waals surface area contributed by atoms with E-state index in [4.69, 9.17) is 16.3 Å². The van der Waals surface area contributed by atoms with E-state index in [0.717, 1.165) is 67.1 Å². The number of anilines is 1. The highest BCUT2D eigenvalue weighted by Crippen LogP contribution is 2.33. The number of ether oxygens (including phenoxy) is 1. The summed E-state index contributed by atoms with van der Waals surface area (Å²) in [6.45, 7) is 13.7. The molecule has 0 aromatic heterocycles. The Labute approximate surface area is 254 Å². The molecule has 3 amide bonds. The molecule has 3 heterocycles. The first-order valence-electron chi connectivity index (χ1n) is 15.2. The summed E-state index contributed by atoms with van der Waals surface area (Å²) in [4.78, 5) is 46.4. The number of carbonyl (C=O) groups is 3. The Morgan fingerprint density at radius 2 is 1.55 bits per heavy atom. The number of fused-ring (bicyclic) bond motifs is 1. The monoisotopic (exact) mass is 594 g/mol. The lowest BCUT2D eigenvalue weighted by atomic mass is 10.0. The highest BCUT2D eigenvalue weighted by molar-refractivity contribution is 6.31. The molecule has 2 aromatic carbocycles. The number of carbonyl (C=O) groups excluding carboxylic acids is 3. The summed E-state index contributed by atoms with van der Waals surface area (Å²) in [6.07, 6.45) is 1.52. The molecule has 3 aliphatic heterocycles. The number of rotatable bonds is 7. The van der Waals surface area contributed by atoms with Gasteiger partial charge < -0.3 is 19.4 Å². The molecule has 3 fully saturated rings. The van der Waals surface area contributed by atoms with Gasteiger partial charge in [-0.3, -0.25) is 14.5 Å². The molecule has 2 atom stereocenters. The van der Waals surface area contributed by atoms with Gasteiger partial charge in [0.05, 0.1) is 0 Å². The minimum absolute atomic E-state index is 0.0578. The molecule has 3 aliphatic rings. The minimum atomic E-state index is -0.366. The molecular weight excluding hydrogens is 552 g/mol. The lowest BCUT2D eigenvalue weighted by Gasteiger charge is -2.32. The van der Waals surface area contributed by atoms with Gasteiger partial charge in [0.25, 0.3) is 5.91 Å². The van der Waals surface area contributed by atoms with Gasteiger partial charge in [-0.25, -0.2) is 4.79 Å². The highest BCUT2D eigenvalue weighted by atomic mass is 35.5. The molecule has 0 saturated carbocycles. The van der Waals surface area contributed by atoms with Crippen molar-refractivity contribution >= 4 is 35.2 Å². The summed E-state index contributed by atoms with van der Waals surface area (Å²) in [5, 5.41) is 0.618. The van der Waals surface area contributed by atoms with Crippen LogP contribution < -0.4 is 4.90 Å². The summed E-state index contributed by atoms with van der Waals surface area (Å²) >= 11 is 6.43. The second-order valence-electron chi connectivity index (χ2n) is 12.3. The van der Waals surface area contributed by atoms with Crippen LogP contribution in [0.4, 0.5) is 10.5 Å². The van der Waals surface area contributed by atoms with Crippen LogP contribution in [0.25, 0.3) is 0 Å². The quantitative estimate of drug-likeness (QED) is 0.434. The average Bonchev–Trinajstić information content (AvgIpc) is 3.52. The molecule has 9 heteroatoms. The number of aryl methyl sites for hydroxylation is 3. The fourth-order valence-electron chi connectivity index (χ4n) is 6.77. The molecule has 8 nitrogen and oxygen atoms in total. The van der Waals surface area contributed by atoms with E-state index in [1.54, 1.807) is 16.7 Å². The van der Waals surface area contributed by atoms with Gasteiger partial charge in [-0.15, -0.1) is 0 Å². The summed E-state index contributed by atoms with van der Waals surface area (Å²) in [6, 6.07) is 11.7. The Morgan fingerprint density at radius 3 is 2.14 bits per heavy atom. The van der Waals surface area contributed by atoms with Crippen molar-refractivity contribution in [1.82, 2.24) is 14.7 Å². The van der Waals surface area contributed by atoms with E-state index in [0.29, 0.717) is 49.3 Å². The van der Waals surface area contributed by atoms with Crippen molar-refractivity contribution < 1.29 is 19.1 Å². The van der Waals surface area contributed by atoms with Crippen LogP contribution in [0, 0.1) is 32.6 Å². The summed E-state index contributed by atoms with van der Waals surface area (Å²) in [5.41, 5.74) is 4.62. The third-order valence-electron chi connectivity index (χ3n) is 9.24. The van der Waals surface area contributed by atoms with E-state index in [9.17, 15) is 14.4 Å². The van der Waals surface area contributed by atoms with Crippen LogP contribution in [-0.4, -0.2) is 91.1 Å². The van der Waals surface area contributed by atoms with Crippen molar-refractivity contribution in [2.45, 2.75) is 53.1 Å². The fraction of sp³-hybridized carbons (Fsp3) is 0.545. The molecule has 42 heavy (non-hydrogen) atoms. The second-order valence-corrected chi connectivity index (χ2v) is 12.7. The van der Waals surface area contributed by atoms with Crippen LogP contribution in [0.2, 0.25) is 5.02 Å². The third kappa shape index (κ3) is 6.76. The van der Waals surface area contributed by atoms with E-state index in [-0.39, 0.29) is 24.0 Å². The van der Waals surface area contributed by atoms with Crippen molar-refractivity contribution in [2.24, 2.45) is 11.8 Å². The first-order chi connectivity index (χ1) is 20.1. The molecule has 0 bridgehead atoms. The minimum Gasteiger partial charge on any atom is -0.446 e. The molecular formula is C33H43ClN4O4. The van der Waals surface area contributed by atoms with Gasteiger partial charge >= 0.3 is 6.09 Å². The molecule has 2 unspecified atom stereocenters. The molecule has 0 aliphatic carbocycles. The van der Waals surface area contributed by atoms with Crippen molar-refractivity contribution in [3.8, 4) is 0 Å². The van der Waals surface area contributed by atoms with Gasteiger partial charge in [0.2, 0.25) is 5.91 Å². The van der Waals surface area contributed by atoms with Crippen molar-refractivity contribution in [3.63, 3.8) is 0 Å². The second kappa shape index (κ2) is 13.0. The predicted octanol–water partition coefficient (Wildman–Crippen LogP) is 5.31. The maximum absolute atomic E-state index is 13.4. The average molecular weight is 595 g/mol. The van der Waals surface area contributed by atoms with Gasteiger partial charge in [0.1, 0.15) is 6.10 Å². The Bertz CT molecular complexity index is 1290. The smallest absolute Gasteiger partial charge is 0.414 e. The van der Waals surface area contributed by atoms with E-state index in [2.05, 4.69) is 4.90 Å². The first-order valence-corrected chi connectivity index (χ1v) is 15.6. The van der Waals surface area contributed by atoms with Crippen LogP contribution in [-0.2, 0) is 9.53 Å². The zero-order chi connectivity index (χ0) is 30.0. The number of hydrogen-bond acceptors (Lipinski definition) is 5. The van der Waals surface area contributed by atoms with Gasteiger partial charge in [-0.2, -0.15) is 0 Å².